The molecule has 0 fully saturated rings. The van der Waals surface area contributed by atoms with E-state index in [9.17, 15) is 0 Å². The van der Waals surface area contributed by atoms with Gasteiger partial charge in [-0.3, -0.25) is 0 Å². The van der Waals surface area contributed by atoms with Crippen molar-refractivity contribution in [2.75, 3.05) is 13.2 Å². The zero-order valence-corrected chi connectivity index (χ0v) is 3.74. The Morgan fingerprint density at radius 3 is 2.86 bits per heavy atom. The van der Waals surface area contributed by atoms with Gasteiger partial charge in [-0.1, -0.05) is 0 Å². The van der Waals surface area contributed by atoms with E-state index in [-0.39, 0.29) is 13.2 Å². The molecule has 0 amide bonds. The fraction of sp³-hybridized carbons (Fsp3) is 1.00. The van der Waals surface area contributed by atoms with Gasteiger partial charge in [0, 0.05) is 5.28 Å². The molecule has 0 saturated heterocycles. The molecular weight excluding hydrogens is 98.0 g/mol. The van der Waals surface area contributed by atoms with Gasteiger partial charge >= 0.3 is 0 Å². The summed E-state index contributed by atoms with van der Waals surface area (Å²) >= 11 is 0. The minimum absolute atomic E-state index is 0.0704. The largest absolute Gasteiger partial charge is 0.393 e. The summed E-state index contributed by atoms with van der Waals surface area (Å²) in [5, 5.41) is 13.7. The van der Waals surface area contributed by atoms with Crippen molar-refractivity contribution >= 4 is 0 Å². The molecule has 0 heterocycles. The first-order valence-electron chi connectivity index (χ1n) is 1.75. The van der Waals surface area contributed by atoms with Crippen LogP contribution in [0.4, 0.5) is 0 Å². The molecule has 5 nitrogen and oxygen atoms in total. The van der Waals surface area contributed by atoms with Crippen molar-refractivity contribution in [3.63, 3.8) is 0 Å². The number of rotatable bonds is 3. The fourth-order valence-corrected chi connectivity index (χ4v) is 0.115. The first-order valence-corrected chi connectivity index (χ1v) is 1.75. The molecule has 0 aliphatic rings. The summed E-state index contributed by atoms with van der Waals surface area (Å²) in [5.41, 5.74) is 0. The minimum Gasteiger partial charge on any atom is -0.393 e. The third-order valence-electron chi connectivity index (χ3n) is 0.287. The predicted molar refractivity (Wildman–Crippen MR) is 22.1 cm³/mol. The molecule has 0 atom stereocenters. The number of hydrogen-bond acceptors (Lipinski definition) is 4. The van der Waals surface area contributed by atoms with Gasteiger partial charge in [-0.2, -0.15) is 0 Å². The van der Waals surface area contributed by atoms with Crippen molar-refractivity contribution in [3.8, 4) is 0 Å². The average Bonchev–Trinajstić information content (AvgIpc) is 1.69. The number of nitrogens with two attached hydrogens (primary N) is 1. The Morgan fingerprint density at radius 1 is 1.71 bits per heavy atom. The van der Waals surface area contributed by atoms with Crippen LogP contribution in [0, 0.1) is 0 Å². The lowest BCUT2D eigenvalue weighted by molar-refractivity contribution is 0.0827. The normalized spacial score (nSPS) is 9.86. The molecule has 0 aliphatic heterocycles. The summed E-state index contributed by atoms with van der Waals surface area (Å²) in [6.45, 7) is 0.0692. The maximum absolute atomic E-state index is 8.03. The van der Waals surface area contributed by atoms with E-state index in [1.807, 2.05) is 0 Å². The van der Waals surface area contributed by atoms with Gasteiger partial charge < -0.3 is 15.8 Å². The minimum atomic E-state index is -0.0704. The Hall–Kier alpha value is -0.840. The summed E-state index contributed by atoms with van der Waals surface area (Å²) in [6, 6.07) is 0. The second-order valence-corrected chi connectivity index (χ2v) is 0.754. The van der Waals surface area contributed by atoms with Crippen LogP contribution in [0.15, 0.2) is 10.5 Å². The molecule has 0 radical (unpaired) electrons. The van der Waals surface area contributed by atoms with Crippen molar-refractivity contribution in [3.05, 3.63) is 0 Å². The number of nitrogens with zero attached hydrogens (tertiary/aromatic N) is 2. The molecule has 42 valence electrons. The first-order chi connectivity index (χ1) is 3.41. The fourth-order valence-electron chi connectivity index (χ4n) is 0.115. The van der Waals surface area contributed by atoms with Crippen molar-refractivity contribution in [2.45, 2.75) is 0 Å². The zero-order chi connectivity index (χ0) is 5.54. The summed E-state index contributed by atoms with van der Waals surface area (Å²) in [7, 11) is 0. The number of hydrogen-bond donors (Lipinski definition) is 2. The Kier molecular flexibility index (Phi) is 4.54. The summed E-state index contributed by atoms with van der Waals surface area (Å²) in [4.78, 5) is 4.22. The lowest BCUT2D eigenvalue weighted by atomic mass is 10.8. The predicted octanol–water partition coefficient (Wildman–Crippen LogP) is -0.764. The molecule has 0 aromatic rings. The van der Waals surface area contributed by atoms with Crippen LogP contribution in [0.5, 0.6) is 0 Å². The van der Waals surface area contributed by atoms with E-state index in [1.54, 1.807) is 0 Å². The molecule has 7 heavy (non-hydrogen) atoms. The van der Waals surface area contributed by atoms with Crippen molar-refractivity contribution in [1.82, 2.24) is 0 Å². The highest BCUT2D eigenvalue weighted by Crippen LogP contribution is 1.70. The van der Waals surface area contributed by atoms with Crippen LogP contribution < -0.4 is 5.84 Å². The second-order valence-electron chi connectivity index (χ2n) is 0.754. The highest BCUT2D eigenvalue weighted by atomic mass is 16.6. The Labute approximate surface area is 40.7 Å². The van der Waals surface area contributed by atoms with Gasteiger partial charge in [0.15, 0.2) is 0 Å². The molecule has 0 unspecified atom stereocenters. The smallest absolute Gasteiger partial charge is 0.142 e. The van der Waals surface area contributed by atoms with E-state index < -0.39 is 0 Å². The van der Waals surface area contributed by atoms with Gasteiger partial charge in [0.25, 0.3) is 0 Å². The van der Waals surface area contributed by atoms with Crippen LogP contribution in [0.25, 0.3) is 0 Å². The van der Waals surface area contributed by atoms with Crippen LogP contribution in [-0.2, 0) is 4.84 Å². The summed E-state index contributed by atoms with van der Waals surface area (Å²) in [5.74, 6) is 4.52. The zero-order valence-electron chi connectivity index (χ0n) is 3.74. The lowest BCUT2D eigenvalue weighted by Crippen LogP contribution is -1.92. The molecule has 3 N–H and O–H groups in total. The molecule has 0 aromatic carbocycles. The van der Waals surface area contributed by atoms with Crippen molar-refractivity contribution < 1.29 is 9.94 Å². The van der Waals surface area contributed by atoms with Gasteiger partial charge in [-0.15, -0.1) is 0 Å². The van der Waals surface area contributed by atoms with Gasteiger partial charge in [0.1, 0.15) is 6.61 Å². The van der Waals surface area contributed by atoms with E-state index in [0.717, 1.165) is 0 Å². The molecule has 0 saturated carbocycles. The quantitative estimate of drug-likeness (QED) is 0.214. The highest BCUT2D eigenvalue weighted by molar-refractivity contribution is 4.13. The average molecular weight is 105 g/mol. The van der Waals surface area contributed by atoms with Crippen LogP contribution in [-0.4, -0.2) is 18.3 Å². The number of aliphatic hydroxyl groups excluding tert-OH is 1. The summed E-state index contributed by atoms with van der Waals surface area (Å²) in [6.07, 6.45) is 0. The Bertz CT molecular complexity index is 54.9. The molecule has 0 bridgehead atoms. The Morgan fingerprint density at radius 2 is 2.43 bits per heavy atom. The first kappa shape index (κ1) is 6.16. The van der Waals surface area contributed by atoms with Crippen LogP contribution in [0.1, 0.15) is 0 Å². The highest BCUT2D eigenvalue weighted by Gasteiger charge is 1.74. The monoisotopic (exact) mass is 105 g/mol. The van der Waals surface area contributed by atoms with E-state index in [0.29, 0.717) is 0 Å². The van der Waals surface area contributed by atoms with Gasteiger partial charge in [-0.25, -0.2) is 0 Å². The number of aliphatic hydroxyl groups is 1. The molecule has 5 heteroatoms. The second kappa shape index (κ2) is 5.16. The third kappa shape index (κ3) is 5.16. The lowest BCUT2D eigenvalue weighted by Gasteiger charge is -1.87. The van der Waals surface area contributed by atoms with E-state index >= 15 is 0 Å². The molecule has 0 spiro atoms. The SMILES string of the molecule is NN=NOCCO. The van der Waals surface area contributed by atoms with Gasteiger partial charge in [0.05, 0.1) is 6.61 Å². The van der Waals surface area contributed by atoms with E-state index in [2.05, 4.69) is 21.2 Å². The third-order valence-corrected chi connectivity index (χ3v) is 0.287. The van der Waals surface area contributed by atoms with Gasteiger partial charge in [-0.05, 0) is 5.22 Å². The molecule has 0 rings (SSSR count). The maximum atomic E-state index is 8.03. The molecular formula is C2H7N3O2. The van der Waals surface area contributed by atoms with Crippen molar-refractivity contribution in [2.24, 2.45) is 16.3 Å². The van der Waals surface area contributed by atoms with Crippen LogP contribution in [0.2, 0.25) is 0 Å². The van der Waals surface area contributed by atoms with Crippen LogP contribution in [0.3, 0.4) is 0 Å². The Balaban J connectivity index is 2.69. The molecule has 0 aliphatic carbocycles. The van der Waals surface area contributed by atoms with Crippen LogP contribution >= 0.6 is 0 Å². The maximum Gasteiger partial charge on any atom is 0.142 e. The molecule has 0 aromatic heterocycles. The van der Waals surface area contributed by atoms with E-state index in [4.69, 9.17) is 5.11 Å². The van der Waals surface area contributed by atoms with Crippen molar-refractivity contribution in [1.29, 1.82) is 0 Å². The standard InChI is InChI=1S/C2H7N3O2/c3-4-5-7-2-1-6/h6H,1-2H2,(H2,3,5). The summed E-state index contributed by atoms with van der Waals surface area (Å²) < 4.78 is 0. The topological polar surface area (TPSA) is 80.2 Å². The van der Waals surface area contributed by atoms with Gasteiger partial charge in [0.2, 0.25) is 0 Å². The van der Waals surface area contributed by atoms with E-state index in [1.165, 1.54) is 0 Å².